The fourth-order valence-electron chi connectivity index (χ4n) is 3.09. The van der Waals surface area contributed by atoms with Crippen LogP contribution in [-0.2, 0) is 6.54 Å². The fraction of sp³-hybridized carbons (Fsp3) is 0.714. The van der Waals surface area contributed by atoms with Crippen LogP contribution in [0.5, 0.6) is 0 Å². The molecule has 0 radical (unpaired) electrons. The average molecular weight is 410 g/mol. The van der Waals surface area contributed by atoms with E-state index in [0.717, 1.165) is 13.0 Å². The lowest BCUT2D eigenvalue weighted by molar-refractivity contribution is -0.906. The van der Waals surface area contributed by atoms with Gasteiger partial charge >= 0.3 is 0 Å². The summed E-state index contributed by atoms with van der Waals surface area (Å²) < 4.78 is 0. The third-order valence-corrected chi connectivity index (χ3v) is 5.26. The van der Waals surface area contributed by atoms with E-state index in [0.29, 0.717) is 0 Å². The van der Waals surface area contributed by atoms with Crippen LogP contribution in [0.15, 0.2) is 30.3 Å². The largest absolute Gasteiger partial charge is 1.00 e. The zero-order chi connectivity index (χ0) is 16.8. The van der Waals surface area contributed by atoms with Crippen LogP contribution in [0.25, 0.3) is 0 Å². The molecule has 1 aromatic carbocycles. The van der Waals surface area contributed by atoms with Gasteiger partial charge in [0.25, 0.3) is 0 Å². The van der Waals surface area contributed by atoms with Crippen molar-refractivity contribution in [2.75, 3.05) is 7.05 Å². The minimum Gasteiger partial charge on any atom is -1.00 e. The lowest BCUT2D eigenvalue weighted by Gasteiger charge is -2.19. The van der Waals surface area contributed by atoms with Crippen molar-refractivity contribution in [1.82, 2.24) is 0 Å². The average Bonchev–Trinajstić information content (AvgIpc) is 2.57. The van der Waals surface area contributed by atoms with Crippen molar-refractivity contribution < 1.29 is 29.7 Å². The molecule has 1 rings (SSSR count). The van der Waals surface area contributed by atoms with Gasteiger partial charge < -0.3 is 29.7 Å². The summed E-state index contributed by atoms with van der Waals surface area (Å²) in [4.78, 5) is 1.41. The van der Waals surface area contributed by atoms with Gasteiger partial charge in [-0.05, 0) is 6.42 Å². The Hall–Kier alpha value is 0.0500. The Morgan fingerprint density at radius 2 is 1.28 bits per heavy atom. The van der Waals surface area contributed by atoms with Crippen molar-refractivity contribution >= 4 is 11.6 Å². The van der Waals surface area contributed by atoms with Gasteiger partial charge in [-0.2, -0.15) is 0 Å². The highest BCUT2D eigenvalue weighted by Crippen LogP contribution is 2.12. The Bertz CT molecular complexity index is 373. The summed E-state index contributed by atoms with van der Waals surface area (Å²) in [6.07, 6.45) is 15.0. The van der Waals surface area contributed by atoms with E-state index >= 15 is 0 Å². The summed E-state index contributed by atoms with van der Waals surface area (Å²) in [5, 5.41) is 0. The highest BCUT2D eigenvalue weighted by molar-refractivity contribution is 6.19. The van der Waals surface area contributed by atoms with Crippen LogP contribution in [-0.4, -0.2) is 12.5 Å². The number of benzene rings is 1. The smallest absolute Gasteiger partial charge is 0.163 e. The minimum absolute atomic E-state index is 0. The monoisotopic (exact) mass is 408 g/mol. The number of hydrogen-bond donors (Lipinski definition) is 1. The highest BCUT2D eigenvalue weighted by atomic mass is 35.5. The molecule has 2 atom stereocenters. The van der Waals surface area contributed by atoms with Gasteiger partial charge in [0.15, 0.2) is 5.50 Å². The molecule has 25 heavy (non-hydrogen) atoms. The zero-order valence-corrected chi connectivity index (χ0v) is 18.4. The topological polar surface area (TPSA) is 4.44 Å². The second-order valence-corrected chi connectivity index (χ2v) is 7.47. The van der Waals surface area contributed by atoms with E-state index in [-0.39, 0.29) is 30.3 Å². The number of hydrogen-bond acceptors (Lipinski definition) is 0. The highest BCUT2D eigenvalue weighted by Gasteiger charge is 2.14. The standard InChI is InChI=1S/C21H36ClN.2ClH/c1-3-4-5-6-7-8-9-10-11-15-18-21(22)23(2)19-20-16-13-12-14-17-20;;/h12-14,16-17,21H,3-11,15,18-19H2,1-2H3;2*1H/p-1. The van der Waals surface area contributed by atoms with Crippen molar-refractivity contribution in [3.05, 3.63) is 35.9 Å². The maximum atomic E-state index is 6.56. The predicted octanol–water partition coefficient (Wildman–Crippen LogP) is -0.415. The lowest BCUT2D eigenvalue weighted by Crippen LogP contribution is -3.10. The first-order chi connectivity index (χ1) is 11.2. The van der Waals surface area contributed by atoms with Crippen LogP contribution >= 0.6 is 11.6 Å². The second kappa shape index (κ2) is 18.8. The summed E-state index contributed by atoms with van der Waals surface area (Å²) in [6, 6.07) is 10.7. The Balaban J connectivity index is 0. The molecule has 0 fully saturated rings. The van der Waals surface area contributed by atoms with E-state index in [2.05, 4.69) is 44.3 Å². The van der Waals surface area contributed by atoms with E-state index in [1.165, 1.54) is 74.7 Å². The molecule has 0 aliphatic rings. The maximum Gasteiger partial charge on any atom is 0.163 e. The van der Waals surface area contributed by atoms with Gasteiger partial charge in [-0.3, -0.25) is 0 Å². The van der Waals surface area contributed by atoms with Crippen LogP contribution < -0.4 is 29.7 Å². The molecule has 0 bridgehead atoms. The number of halogens is 3. The number of rotatable bonds is 14. The van der Waals surface area contributed by atoms with E-state index in [1.807, 2.05) is 0 Å². The third kappa shape index (κ3) is 14.9. The van der Waals surface area contributed by atoms with Gasteiger partial charge in [0.05, 0.1) is 7.05 Å². The summed E-state index contributed by atoms with van der Waals surface area (Å²) in [5.41, 5.74) is 1.61. The van der Waals surface area contributed by atoms with Crippen molar-refractivity contribution in [2.45, 2.75) is 89.6 Å². The number of alkyl halides is 1. The summed E-state index contributed by atoms with van der Waals surface area (Å²) in [7, 11) is 2.21. The molecule has 2 unspecified atom stereocenters. The molecule has 0 saturated heterocycles. The van der Waals surface area contributed by atoms with Crippen LogP contribution in [0.1, 0.15) is 83.1 Å². The molecule has 0 spiro atoms. The van der Waals surface area contributed by atoms with E-state index in [9.17, 15) is 0 Å². The van der Waals surface area contributed by atoms with Gasteiger partial charge in [0.1, 0.15) is 6.54 Å². The van der Waals surface area contributed by atoms with Gasteiger partial charge in [-0.25, -0.2) is 0 Å². The Kier molecular flexibility index (Phi) is 20.5. The minimum atomic E-state index is 0. The quantitative estimate of drug-likeness (QED) is 0.242. The third-order valence-electron chi connectivity index (χ3n) is 4.67. The molecule has 1 nitrogen and oxygen atoms in total. The molecule has 0 saturated carbocycles. The molecule has 0 aromatic heterocycles. The summed E-state index contributed by atoms with van der Waals surface area (Å²) in [6.45, 7) is 3.30. The van der Waals surface area contributed by atoms with Crippen molar-refractivity contribution in [3.63, 3.8) is 0 Å². The van der Waals surface area contributed by atoms with Crippen LogP contribution in [0.4, 0.5) is 0 Å². The zero-order valence-electron chi connectivity index (χ0n) is 16.1. The first-order valence-corrected chi connectivity index (χ1v) is 10.2. The van der Waals surface area contributed by atoms with Crippen molar-refractivity contribution in [3.8, 4) is 0 Å². The molecule has 0 heterocycles. The van der Waals surface area contributed by atoms with Crippen LogP contribution in [0.3, 0.4) is 0 Å². The molecule has 4 heteroatoms. The molecule has 0 amide bonds. The van der Waals surface area contributed by atoms with E-state index in [1.54, 1.807) is 0 Å². The Labute approximate surface area is 173 Å². The number of unbranched alkanes of at least 4 members (excludes halogenated alkanes) is 9. The first kappa shape index (κ1) is 27.3. The molecular weight excluding hydrogens is 373 g/mol. The molecule has 1 aromatic rings. The maximum absolute atomic E-state index is 6.56. The van der Waals surface area contributed by atoms with Crippen molar-refractivity contribution in [2.24, 2.45) is 0 Å². The predicted molar refractivity (Wildman–Crippen MR) is 103 cm³/mol. The van der Waals surface area contributed by atoms with E-state index < -0.39 is 0 Å². The van der Waals surface area contributed by atoms with Crippen molar-refractivity contribution in [1.29, 1.82) is 0 Å². The fourth-order valence-corrected chi connectivity index (χ4v) is 3.32. The second-order valence-electron chi connectivity index (χ2n) is 6.95. The number of quaternary nitrogens is 1. The molecule has 0 aliphatic carbocycles. The lowest BCUT2D eigenvalue weighted by atomic mass is 10.1. The van der Waals surface area contributed by atoms with Gasteiger partial charge in [0.2, 0.25) is 0 Å². The summed E-state index contributed by atoms with van der Waals surface area (Å²) in [5.74, 6) is 0. The number of nitrogens with one attached hydrogen (secondary N) is 1. The first-order valence-electron chi connectivity index (χ1n) is 9.74. The van der Waals surface area contributed by atoms with Gasteiger partial charge in [-0.15, -0.1) is 0 Å². The summed E-state index contributed by atoms with van der Waals surface area (Å²) >= 11 is 6.56. The van der Waals surface area contributed by atoms with Gasteiger partial charge in [0, 0.05) is 12.0 Å². The van der Waals surface area contributed by atoms with Gasteiger partial charge in [-0.1, -0.05) is 107 Å². The SMILES string of the molecule is CCCCCCCCCCCCC(Cl)[NH+](C)Cc1ccccc1.[Cl-].[Cl-]. The Morgan fingerprint density at radius 3 is 1.80 bits per heavy atom. The Morgan fingerprint density at radius 1 is 0.800 bits per heavy atom. The van der Waals surface area contributed by atoms with Crippen LogP contribution in [0, 0.1) is 0 Å². The molecule has 0 aliphatic heterocycles. The molecule has 1 N–H and O–H groups in total. The normalized spacial score (nSPS) is 12.8. The molecular formula is C21H37Cl3N-. The molecule has 148 valence electrons. The van der Waals surface area contributed by atoms with E-state index in [4.69, 9.17) is 11.6 Å². The van der Waals surface area contributed by atoms with Crippen LogP contribution in [0.2, 0.25) is 0 Å².